The third kappa shape index (κ3) is 2.86. The fraction of sp³-hybridized carbons (Fsp3) is 0.600. The Morgan fingerprint density at radius 2 is 2.17 bits per heavy atom. The number of rotatable bonds is 3. The summed E-state index contributed by atoms with van der Waals surface area (Å²) < 4.78 is 5.80. The molecule has 0 aromatic heterocycles. The quantitative estimate of drug-likeness (QED) is 0.480. The van der Waals surface area contributed by atoms with Gasteiger partial charge in [-0.05, 0) is 44.5 Å². The topological polar surface area (TPSA) is 9.23 Å². The molecule has 1 nitrogen and oxygen atoms in total. The zero-order valence-corrected chi connectivity index (χ0v) is 9.31. The molecule has 0 aliphatic heterocycles. The van der Waals surface area contributed by atoms with E-state index in [0.29, 0.717) is 0 Å². The van der Waals surface area contributed by atoms with E-state index in [1.165, 1.54) is 18.4 Å². The van der Waals surface area contributed by atoms with E-state index in [0.717, 1.165) is 12.2 Å². The Labute approximate surface area is 76.3 Å². The lowest BCUT2D eigenvalue weighted by atomic mass is 10.2. The third-order valence-electron chi connectivity index (χ3n) is 1.83. The van der Waals surface area contributed by atoms with Crippen molar-refractivity contribution < 1.29 is 4.43 Å². The molecule has 0 aromatic rings. The van der Waals surface area contributed by atoms with Gasteiger partial charge < -0.3 is 4.43 Å². The Morgan fingerprint density at radius 1 is 1.50 bits per heavy atom. The zero-order valence-electron chi connectivity index (χ0n) is 8.31. The van der Waals surface area contributed by atoms with Gasteiger partial charge in [-0.1, -0.05) is 12.7 Å². The van der Waals surface area contributed by atoms with Gasteiger partial charge in [0, 0.05) is 0 Å². The summed E-state index contributed by atoms with van der Waals surface area (Å²) in [6.45, 7) is 10.5. The van der Waals surface area contributed by atoms with Crippen LogP contribution in [0.15, 0.2) is 24.0 Å². The van der Waals surface area contributed by atoms with Crippen LogP contribution in [0.4, 0.5) is 0 Å². The molecule has 0 bridgehead atoms. The molecular weight excluding hydrogens is 164 g/mol. The lowest BCUT2D eigenvalue weighted by Crippen LogP contribution is -2.24. The number of hydrogen-bond donors (Lipinski definition) is 0. The standard InChI is InChI=1S/C10H18OSi/c1-9(11-12(2,3)4)10-7-5-6-8-10/h7H,1,5-6,8H2,2-4H3. The predicted molar refractivity (Wildman–Crippen MR) is 55.5 cm³/mol. The number of hydrogen-bond acceptors (Lipinski definition) is 1. The van der Waals surface area contributed by atoms with Crippen molar-refractivity contribution in [2.75, 3.05) is 0 Å². The summed E-state index contributed by atoms with van der Waals surface area (Å²) in [6, 6.07) is 0. The highest BCUT2D eigenvalue weighted by atomic mass is 28.4. The summed E-state index contributed by atoms with van der Waals surface area (Å²) >= 11 is 0. The van der Waals surface area contributed by atoms with Crippen LogP contribution in [-0.4, -0.2) is 8.32 Å². The summed E-state index contributed by atoms with van der Waals surface area (Å²) in [4.78, 5) is 0. The second-order valence-corrected chi connectivity index (χ2v) is 8.69. The van der Waals surface area contributed by atoms with Crippen LogP contribution >= 0.6 is 0 Å². The largest absolute Gasteiger partial charge is 0.545 e. The highest BCUT2D eigenvalue weighted by molar-refractivity contribution is 6.70. The zero-order chi connectivity index (χ0) is 9.19. The molecule has 68 valence electrons. The van der Waals surface area contributed by atoms with E-state index in [9.17, 15) is 0 Å². The minimum Gasteiger partial charge on any atom is -0.545 e. The fourth-order valence-electron chi connectivity index (χ4n) is 1.36. The van der Waals surface area contributed by atoms with E-state index in [-0.39, 0.29) is 0 Å². The van der Waals surface area contributed by atoms with Gasteiger partial charge in [0.15, 0.2) is 0 Å². The molecule has 0 N–H and O–H groups in total. The number of allylic oxidation sites excluding steroid dienone is 2. The first-order valence-corrected chi connectivity index (χ1v) is 7.97. The normalized spacial score (nSPS) is 17.4. The van der Waals surface area contributed by atoms with Crippen molar-refractivity contribution >= 4 is 8.32 Å². The highest BCUT2D eigenvalue weighted by Gasteiger charge is 2.19. The molecule has 0 amide bonds. The van der Waals surface area contributed by atoms with Crippen molar-refractivity contribution in [1.82, 2.24) is 0 Å². The highest BCUT2D eigenvalue weighted by Crippen LogP contribution is 2.26. The Balaban J connectivity index is 2.49. The average Bonchev–Trinajstić information content (AvgIpc) is 2.32. The predicted octanol–water partition coefficient (Wildman–Crippen LogP) is 3.46. The van der Waals surface area contributed by atoms with Crippen LogP contribution in [0.25, 0.3) is 0 Å². The maximum Gasteiger partial charge on any atom is 0.242 e. The molecule has 2 heteroatoms. The molecule has 0 fully saturated rings. The van der Waals surface area contributed by atoms with E-state index in [1.54, 1.807) is 0 Å². The van der Waals surface area contributed by atoms with Crippen LogP contribution in [0.1, 0.15) is 19.3 Å². The molecule has 0 heterocycles. The van der Waals surface area contributed by atoms with Crippen LogP contribution in [-0.2, 0) is 4.43 Å². The first-order valence-electron chi connectivity index (χ1n) is 4.56. The first kappa shape index (κ1) is 9.58. The Kier molecular flexibility index (Phi) is 2.78. The van der Waals surface area contributed by atoms with Crippen molar-refractivity contribution in [3.05, 3.63) is 24.0 Å². The van der Waals surface area contributed by atoms with Gasteiger partial charge in [-0.25, -0.2) is 0 Å². The third-order valence-corrected chi connectivity index (χ3v) is 2.69. The van der Waals surface area contributed by atoms with E-state index < -0.39 is 8.32 Å². The van der Waals surface area contributed by atoms with E-state index in [4.69, 9.17) is 4.43 Å². The molecule has 0 unspecified atom stereocenters. The van der Waals surface area contributed by atoms with Crippen LogP contribution in [0, 0.1) is 0 Å². The van der Waals surface area contributed by atoms with Crippen molar-refractivity contribution in [3.63, 3.8) is 0 Å². The fourth-order valence-corrected chi connectivity index (χ4v) is 2.23. The minimum atomic E-state index is -1.43. The average molecular weight is 182 g/mol. The van der Waals surface area contributed by atoms with Crippen LogP contribution < -0.4 is 0 Å². The molecule has 0 radical (unpaired) electrons. The van der Waals surface area contributed by atoms with E-state index in [1.807, 2.05) is 0 Å². The van der Waals surface area contributed by atoms with Crippen LogP contribution in [0.5, 0.6) is 0 Å². The van der Waals surface area contributed by atoms with Crippen LogP contribution in [0.3, 0.4) is 0 Å². The van der Waals surface area contributed by atoms with Crippen molar-refractivity contribution in [1.29, 1.82) is 0 Å². The van der Waals surface area contributed by atoms with Gasteiger partial charge in [0.1, 0.15) is 0 Å². The van der Waals surface area contributed by atoms with Gasteiger partial charge in [-0.3, -0.25) is 0 Å². The van der Waals surface area contributed by atoms with Crippen molar-refractivity contribution in [2.24, 2.45) is 0 Å². The molecule has 12 heavy (non-hydrogen) atoms. The molecular formula is C10H18OSi. The second kappa shape index (κ2) is 3.48. The lowest BCUT2D eigenvalue weighted by Gasteiger charge is -2.21. The smallest absolute Gasteiger partial charge is 0.242 e. The Morgan fingerprint density at radius 3 is 2.58 bits per heavy atom. The van der Waals surface area contributed by atoms with Crippen molar-refractivity contribution in [3.8, 4) is 0 Å². The lowest BCUT2D eigenvalue weighted by molar-refractivity contribution is 0.433. The van der Waals surface area contributed by atoms with Gasteiger partial charge in [0.25, 0.3) is 0 Å². The second-order valence-electron chi connectivity index (χ2n) is 4.26. The summed E-state index contributed by atoms with van der Waals surface area (Å²) in [5.41, 5.74) is 1.33. The summed E-state index contributed by atoms with van der Waals surface area (Å²) in [5.74, 6) is 0.923. The van der Waals surface area contributed by atoms with E-state index >= 15 is 0 Å². The Hall–Kier alpha value is -0.503. The van der Waals surface area contributed by atoms with Gasteiger partial charge in [0.05, 0.1) is 5.76 Å². The molecule has 1 rings (SSSR count). The van der Waals surface area contributed by atoms with E-state index in [2.05, 4.69) is 32.3 Å². The summed E-state index contributed by atoms with van der Waals surface area (Å²) in [6.07, 6.45) is 5.87. The Bertz CT molecular complexity index is 210. The molecule has 1 aliphatic rings. The monoisotopic (exact) mass is 182 g/mol. The minimum absolute atomic E-state index is 0.923. The molecule has 0 atom stereocenters. The van der Waals surface area contributed by atoms with Gasteiger partial charge in [-0.15, -0.1) is 0 Å². The maximum absolute atomic E-state index is 5.80. The molecule has 0 aromatic carbocycles. The summed E-state index contributed by atoms with van der Waals surface area (Å²) in [7, 11) is -1.43. The molecule has 1 aliphatic carbocycles. The molecule has 0 saturated heterocycles. The van der Waals surface area contributed by atoms with Gasteiger partial charge in [0.2, 0.25) is 8.32 Å². The summed E-state index contributed by atoms with van der Waals surface area (Å²) in [5, 5.41) is 0. The van der Waals surface area contributed by atoms with Crippen LogP contribution in [0.2, 0.25) is 19.6 Å². The molecule has 0 saturated carbocycles. The van der Waals surface area contributed by atoms with Crippen molar-refractivity contribution in [2.45, 2.75) is 38.9 Å². The first-order chi connectivity index (χ1) is 5.49. The van der Waals surface area contributed by atoms with Gasteiger partial charge >= 0.3 is 0 Å². The van der Waals surface area contributed by atoms with Gasteiger partial charge in [-0.2, -0.15) is 0 Å². The molecule has 0 spiro atoms. The SMILES string of the molecule is C=C(O[Si](C)(C)C)C1=CCCC1. The maximum atomic E-state index is 5.80.